The molecule has 0 amide bonds. The van der Waals surface area contributed by atoms with Crippen LogP contribution in [0.2, 0.25) is 0 Å². The van der Waals surface area contributed by atoms with Gasteiger partial charge in [-0.15, -0.1) is 0 Å². The van der Waals surface area contributed by atoms with Gasteiger partial charge in [-0.3, -0.25) is 0 Å². The number of aliphatic hydroxyl groups excluding tert-OH is 2. The van der Waals surface area contributed by atoms with E-state index in [4.69, 9.17) is 35.0 Å². The minimum Gasteiger partial charge on any atom is -0.388 e. The van der Waals surface area contributed by atoms with Crippen molar-refractivity contribution in [3.8, 4) is 0 Å². The van der Waals surface area contributed by atoms with Crippen LogP contribution in [0.15, 0.2) is 50.1 Å². The number of nitrogens with one attached hydrogen (secondary N) is 4. The van der Waals surface area contributed by atoms with E-state index in [1.54, 1.807) is 18.9 Å². The molecule has 0 aromatic carbocycles. The van der Waals surface area contributed by atoms with Gasteiger partial charge in [0.2, 0.25) is 11.9 Å². The number of fused-ring (bicyclic) bond motifs is 2. The Morgan fingerprint density at radius 3 is 1.61 bits per heavy atom. The van der Waals surface area contributed by atoms with Gasteiger partial charge in [-0.2, -0.15) is 49.9 Å². The quantitative estimate of drug-likeness (QED) is 0.0715. The van der Waals surface area contributed by atoms with Gasteiger partial charge in [-0.25, -0.2) is 19.9 Å². The lowest BCUT2D eigenvalue weighted by atomic mass is 9.91. The zero-order chi connectivity index (χ0) is 47.9. The molecule has 6 atom stereocenters. The van der Waals surface area contributed by atoms with E-state index in [-0.39, 0.29) is 24.2 Å². The molecular weight excluding hydrogens is 893 g/mol. The minimum absolute atomic E-state index is 0.103. The lowest BCUT2D eigenvalue weighted by Crippen LogP contribution is -2.33. The molecule has 3 fully saturated rings. The van der Waals surface area contributed by atoms with Crippen LogP contribution in [0.5, 0.6) is 0 Å². The fraction of sp³-hybridized carbons (Fsp3) is 0.565. The van der Waals surface area contributed by atoms with Crippen molar-refractivity contribution in [2.75, 3.05) is 34.4 Å². The molecule has 0 radical (unpaired) electrons. The molecule has 70 heavy (non-hydrogen) atoms. The van der Waals surface area contributed by atoms with Gasteiger partial charge < -0.3 is 49.7 Å². The van der Waals surface area contributed by atoms with Crippen LogP contribution >= 0.6 is 0 Å². The van der Waals surface area contributed by atoms with Crippen LogP contribution in [0.25, 0.3) is 22.3 Å². The number of hydrogen-bond acceptors (Lipinski definition) is 18. The van der Waals surface area contributed by atoms with Crippen molar-refractivity contribution >= 4 is 45.9 Å². The maximum atomic E-state index is 11.5. The third-order valence-electron chi connectivity index (χ3n) is 14.3. The van der Waals surface area contributed by atoms with E-state index in [0.717, 1.165) is 104 Å². The Balaban J connectivity index is 0.809. The molecule has 0 saturated heterocycles. The number of rotatable bonds is 18. The third kappa shape index (κ3) is 9.23. The average molecular weight is 955 g/mol. The molecule has 0 spiro atoms. The highest BCUT2D eigenvalue weighted by atomic mass is 16.3. The van der Waals surface area contributed by atoms with Crippen LogP contribution in [0.1, 0.15) is 112 Å². The first kappa shape index (κ1) is 45.4. The number of imidazole rings is 4. The number of nitrogens with zero attached hydrogens (tertiary/aromatic N) is 18. The molecule has 368 valence electrons. The second kappa shape index (κ2) is 19.4. The van der Waals surface area contributed by atoms with Crippen LogP contribution in [-0.2, 0) is 39.8 Å². The van der Waals surface area contributed by atoms with Crippen molar-refractivity contribution in [1.29, 1.82) is 0 Å². The first-order valence-electron chi connectivity index (χ1n) is 24.8. The predicted octanol–water partition coefficient (Wildman–Crippen LogP) is 3.76. The molecule has 11 rings (SSSR count). The van der Waals surface area contributed by atoms with Crippen LogP contribution in [0, 0.1) is 0 Å². The number of aryl methyl sites for hydroxylation is 4. The van der Waals surface area contributed by atoms with Gasteiger partial charge >= 0.3 is 0 Å². The van der Waals surface area contributed by atoms with E-state index >= 15 is 0 Å². The molecule has 0 aliphatic heterocycles. The van der Waals surface area contributed by atoms with Gasteiger partial charge in [0.05, 0.1) is 72.6 Å². The molecule has 24 nitrogen and oxygen atoms in total. The average Bonchev–Trinajstić information content (AvgIpc) is 4.22. The predicted molar refractivity (Wildman–Crippen MR) is 260 cm³/mol. The van der Waals surface area contributed by atoms with Gasteiger partial charge in [0, 0.05) is 70.5 Å². The first-order valence-corrected chi connectivity index (χ1v) is 24.8. The van der Waals surface area contributed by atoms with Gasteiger partial charge in [0.1, 0.15) is 18.2 Å². The topological polar surface area (TPSA) is 273 Å². The van der Waals surface area contributed by atoms with E-state index < -0.39 is 24.3 Å². The van der Waals surface area contributed by atoms with E-state index in [9.17, 15) is 10.2 Å². The summed E-state index contributed by atoms with van der Waals surface area (Å²) in [6.45, 7) is 5.30. The van der Waals surface area contributed by atoms with Crippen molar-refractivity contribution in [3.63, 3.8) is 0 Å². The Morgan fingerprint density at radius 1 is 0.557 bits per heavy atom. The summed E-state index contributed by atoms with van der Waals surface area (Å²) in [5.41, 5.74) is 6.49. The van der Waals surface area contributed by atoms with Crippen LogP contribution in [0.3, 0.4) is 0 Å². The van der Waals surface area contributed by atoms with Gasteiger partial charge in [0.15, 0.2) is 34.0 Å². The van der Waals surface area contributed by atoms with Crippen molar-refractivity contribution in [2.24, 2.45) is 14.1 Å². The van der Waals surface area contributed by atoms with Crippen molar-refractivity contribution in [1.82, 2.24) is 88.1 Å². The minimum atomic E-state index is -1.09. The molecular formula is C46H62N22O2. The second-order valence-corrected chi connectivity index (χ2v) is 19.2. The molecule has 3 aliphatic rings. The summed E-state index contributed by atoms with van der Waals surface area (Å²) in [4.78, 5) is 42.2. The van der Waals surface area contributed by atoms with Crippen LogP contribution in [0.4, 0.5) is 23.5 Å². The Hall–Kier alpha value is -7.08. The Labute approximate surface area is 403 Å². The van der Waals surface area contributed by atoms with E-state index in [0.29, 0.717) is 54.8 Å². The Bertz CT molecular complexity index is 3050. The molecule has 24 heteroatoms. The molecule has 8 aromatic heterocycles. The molecule has 3 saturated carbocycles. The largest absolute Gasteiger partial charge is 0.388 e. The number of anilines is 4. The number of aromatic nitrogens is 18. The van der Waals surface area contributed by atoms with Crippen molar-refractivity contribution in [3.05, 3.63) is 72.9 Å². The fourth-order valence-corrected chi connectivity index (χ4v) is 10.4. The van der Waals surface area contributed by atoms with Gasteiger partial charge in [-0.1, -0.05) is 13.8 Å². The summed E-state index contributed by atoms with van der Waals surface area (Å²) in [5.74, 6) is 2.31. The number of hydrogen-bond donors (Lipinski definition) is 6. The SMILES string of the molecule is CCc1cnn([C@@H]2CC[C@H](n3cnc4c(NC5CCC(Nc6nc(NCCc7cn(C)cn7)nc7c6ncn7[C@@H]6C[C@H](n7ncc(CC)n7)[C@@H](O)[C@H]6O)CC5)nc(NCCc5cn(C)cn5)nc43)C2)n1. The van der Waals surface area contributed by atoms with Gasteiger partial charge in [-0.05, 0) is 64.2 Å². The highest BCUT2D eigenvalue weighted by molar-refractivity contribution is 5.85. The fourth-order valence-electron chi connectivity index (χ4n) is 10.4. The summed E-state index contributed by atoms with van der Waals surface area (Å²) in [6.07, 6.45) is 22.4. The maximum Gasteiger partial charge on any atom is 0.226 e. The maximum absolute atomic E-state index is 11.5. The summed E-state index contributed by atoms with van der Waals surface area (Å²) < 4.78 is 7.96. The third-order valence-corrected chi connectivity index (χ3v) is 14.3. The van der Waals surface area contributed by atoms with E-state index in [1.807, 2.05) is 70.8 Å². The lowest BCUT2D eigenvalue weighted by molar-refractivity contribution is 0.00497. The molecule has 6 N–H and O–H groups in total. The normalized spacial score (nSPS) is 23.7. The standard InChI is InChI=1S/C46H62N22O2/c1-5-27-19-53-67(61-27)34-12-11-33(17-34)65-25-51-37-41(57-45(59-43(37)65)47-15-13-31-21-63(3)23-49-31)55-29-7-9-30(10-8-29)56-42-38-44(60-46(58-42)48-16-14-32-22-64(4)24-50-32)66(26-52-38)35-18-36(40(70)39(35)69)68-54-20-28(6-2)62-68/h19-26,29-30,33-36,39-40,69-70H,5-18H2,1-4H3,(H2,47,55,57,59)(H2,48,56,58,60)/t29?,30?,33-,34+,35+,36-,39-,40+/m0/s1. The molecule has 8 aromatic rings. The molecule has 3 aliphatic carbocycles. The summed E-state index contributed by atoms with van der Waals surface area (Å²) in [7, 11) is 3.93. The summed E-state index contributed by atoms with van der Waals surface area (Å²) in [6, 6.07) is -0.359. The van der Waals surface area contributed by atoms with Crippen molar-refractivity contribution in [2.45, 2.75) is 139 Å². The van der Waals surface area contributed by atoms with Gasteiger partial charge in [0.25, 0.3) is 0 Å². The summed E-state index contributed by atoms with van der Waals surface area (Å²) >= 11 is 0. The Kier molecular flexibility index (Phi) is 12.6. The molecule has 0 bridgehead atoms. The number of aliphatic hydroxyl groups is 2. The van der Waals surface area contributed by atoms with Crippen LogP contribution in [-0.4, -0.2) is 136 Å². The monoisotopic (exact) mass is 955 g/mol. The zero-order valence-corrected chi connectivity index (χ0v) is 40.1. The zero-order valence-electron chi connectivity index (χ0n) is 40.1. The van der Waals surface area contributed by atoms with Crippen molar-refractivity contribution < 1.29 is 10.2 Å². The Morgan fingerprint density at radius 2 is 1.07 bits per heavy atom. The van der Waals surface area contributed by atoms with E-state index in [1.165, 1.54) is 4.80 Å². The second-order valence-electron chi connectivity index (χ2n) is 19.2. The summed E-state index contributed by atoms with van der Waals surface area (Å²) in [5, 5.41) is 55.5. The highest BCUT2D eigenvalue weighted by Gasteiger charge is 2.45. The van der Waals surface area contributed by atoms with E-state index in [2.05, 4.69) is 58.0 Å². The highest BCUT2D eigenvalue weighted by Crippen LogP contribution is 2.41. The molecule has 0 unspecified atom stereocenters. The van der Waals surface area contributed by atoms with Crippen LogP contribution < -0.4 is 21.3 Å². The lowest BCUT2D eigenvalue weighted by Gasteiger charge is -2.30. The smallest absolute Gasteiger partial charge is 0.226 e. The first-order chi connectivity index (χ1) is 34.2. The molecule has 8 heterocycles.